The molecule has 96 valence electrons. The van der Waals surface area contributed by atoms with Gasteiger partial charge in [-0.3, -0.25) is 4.79 Å². The van der Waals surface area contributed by atoms with Gasteiger partial charge < -0.3 is 4.74 Å². The summed E-state index contributed by atoms with van der Waals surface area (Å²) in [6, 6.07) is 3.53. The van der Waals surface area contributed by atoms with Crippen molar-refractivity contribution in [2.45, 2.75) is 20.3 Å². The summed E-state index contributed by atoms with van der Waals surface area (Å²) < 4.78 is 4.89. The molecule has 0 radical (unpaired) electrons. The average molecular weight is 282 g/mol. The lowest BCUT2D eigenvalue weighted by atomic mass is 10.4. The van der Waals surface area contributed by atoms with Gasteiger partial charge in [-0.15, -0.1) is 11.3 Å². The molecule has 0 saturated heterocycles. The molecule has 3 nitrogen and oxygen atoms in total. The summed E-state index contributed by atoms with van der Waals surface area (Å²) >= 11 is 2.59. The van der Waals surface area contributed by atoms with E-state index in [1.807, 2.05) is 6.07 Å². The van der Waals surface area contributed by atoms with E-state index >= 15 is 0 Å². The Hall–Kier alpha value is -1.25. The molecule has 5 heteroatoms. The molecule has 0 spiro atoms. The molecule has 0 aliphatic carbocycles. The maximum atomic E-state index is 11.4. The van der Waals surface area contributed by atoms with Crippen LogP contribution in [0, 0.1) is 11.8 Å². The number of thiophene rings is 1. The minimum Gasteiger partial charge on any atom is -0.462 e. The standard InChI is InChI=1S/C13H14O3S2/c1-3-16-13(15)12-8-7-11(18-12)6-4-5-9-17-10(2)14/h7-8H,3,5,9H2,1-2H3. The van der Waals surface area contributed by atoms with E-state index in [4.69, 9.17) is 4.74 Å². The van der Waals surface area contributed by atoms with Gasteiger partial charge in [0.1, 0.15) is 4.88 Å². The van der Waals surface area contributed by atoms with Crippen molar-refractivity contribution in [1.82, 2.24) is 0 Å². The monoisotopic (exact) mass is 282 g/mol. The van der Waals surface area contributed by atoms with Crippen molar-refractivity contribution in [3.63, 3.8) is 0 Å². The maximum Gasteiger partial charge on any atom is 0.348 e. The number of hydrogen-bond acceptors (Lipinski definition) is 5. The molecule has 0 N–H and O–H groups in total. The van der Waals surface area contributed by atoms with Gasteiger partial charge in [-0.2, -0.15) is 0 Å². The molecule has 0 atom stereocenters. The predicted molar refractivity (Wildman–Crippen MR) is 74.9 cm³/mol. The number of thioether (sulfide) groups is 1. The molecular weight excluding hydrogens is 268 g/mol. The van der Waals surface area contributed by atoms with Crippen molar-refractivity contribution in [3.05, 3.63) is 21.9 Å². The van der Waals surface area contributed by atoms with Crippen LogP contribution < -0.4 is 0 Å². The fourth-order valence-electron chi connectivity index (χ4n) is 1.11. The highest BCUT2D eigenvalue weighted by Gasteiger charge is 2.08. The Labute approximate surface area is 115 Å². The van der Waals surface area contributed by atoms with Gasteiger partial charge in [-0.1, -0.05) is 23.6 Å². The van der Waals surface area contributed by atoms with Crippen LogP contribution in [0.1, 0.15) is 34.8 Å². The van der Waals surface area contributed by atoms with Gasteiger partial charge in [0.15, 0.2) is 5.12 Å². The minimum absolute atomic E-state index is 0.109. The number of rotatable bonds is 4. The summed E-state index contributed by atoms with van der Waals surface area (Å²) in [6.07, 6.45) is 0.664. The first-order valence-electron chi connectivity index (χ1n) is 5.52. The first-order chi connectivity index (χ1) is 8.63. The Morgan fingerprint density at radius 1 is 1.44 bits per heavy atom. The van der Waals surface area contributed by atoms with Crippen molar-refractivity contribution in [3.8, 4) is 11.8 Å². The number of carbonyl (C=O) groups excluding carboxylic acids is 2. The molecule has 0 fully saturated rings. The molecule has 0 aliphatic heterocycles. The van der Waals surface area contributed by atoms with Gasteiger partial charge in [-0.25, -0.2) is 4.79 Å². The van der Waals surface area contributed by atoms with Crippen molar-refractivity contribution >= 4 is 34.2 Å². The topological polar surface area (TPSA) is 43.4 Å². The molecule has 0 aliphatic rings. The van der Waals surface area contributed by atoms with E-state index in [-0.39, 0.29) is 11.1 Å². The lowest BCUT2D eigenvalue weighted by Crippen LogP contribution is -2.01. The summed E-state index contributed by atoms with van der Waals surface area (Å²) in [4.78, 5) is 23.5. The first kappa shape index (κ1) is 14.8. The molecule has 18 heavy (non-hydrogen) atoms. The molecule has 0 aromatic carbocycles. The third-order valence-electron chi connectivity index (χ3n) is 1.83. The van der Waals surface area contributed by atoms with Crippen molar-refractivity contribution < 1.29 is 14.3 Å². The van der Waals surface area contributed by atoms with E-state index in [0.717, 1.165) is 4.88 Å². The summed E-state index contributed by atoms with van der Waals surface area (Å²) in [5.74, 6) is 6.35. The van der Waals surface area contributed by atoms with E-state index in [2.05, 4.69) is 11.8 Å². The van der Waals surface area contributed by atoms with Crippen molar-refractivity contribution in [2.24, 2.45) is 0 Å². The highest BCUT2D eigenvalue weighted by molar-refractivity contribution is 8.13. The van der Waals surface area contributed by atoms with Gasteiger partial charge in [-0.05, 0) is 19.1 Å². The molecule has 0 saturated carbocycles. The molecule has 1 rings (SSSR count). The number of carbonyl (C=O) groups is 2. The van der Waals surface area contributed by atoms with E-state index in [9.17, 15) is 9.59 Å². The molecule has 1 aromatic heterocycles. The van der Waals surface area contributed by atoms with Crippen LogP contribution in [0.25, 0.3) is 0 Å². The largest absolute Gasteiger partial charge is 0.462 e. The number of ether oxygens (including phenoxy) is 1. The summed E-state index contributed by atoms with van der Waals surface area (Å²) in [5.41, 5.74) is 0. The highest BCUT2D eigenvalue weighted by Crippen LogP contribution is 2.16. The molecule has 0 bridgehead atoms. The molecule has 0 unspecified atom stereocenters. The van der Waals surface area contributed by atoms with Crippen LogP contribution in [-0.4, -0.2) is 23.4 Å². The summed E-state index contributed by atoms with van der Waals surface area (Å²) in [6.45, 7) is 3.70. The van der Waals surface area contributed by atoms with Crippen LogP contribution >= 0.6 is 23.1 Å². The van der Waals surface area contributed by atoms with Gasteiger partial charge in [0.2, 0.25) is 0 Å². The van der Waals surface area contributed by atoms with Gasteiger partial charge in [0, 0.05) is 19.1 Å². The first-order valence-corrected chi connectivity index (χ1v) is 7.33. The Kier molecular flexibility index (Phi) is 6.55. The Morgan fingerprint density at radius 2 is 2.22 bits per heavy atom. The third kappa shape index (κ3) is 5.39. The second-order valence-electron chi connectivity index (χ2n) is 3.28. The summed E-state index contributed by atoms with van der Waals surface area (Å²) in [7, 11) is 0. The quantitative estimate of drug-likeness (QED) is 0.484. The third-order valence-corrected chi connectivity index (χ3v) is 3.62. The molecule has 1 heterocycles. The smallest absolute Gasteiger partial charge is 0.348 e. The maximum absolute atomic E-state index is 11.4. The van der Waals surface area contributed by atoms with E-state index in [0.29, 0.717) is 23.7 Å². The molecular formula is C13H14O3S2. The average Bonchev–Trinajstić information content (AvgIpc) is 2.77. The van der Waals surface area contributed by atoms with Crippen LogP contribution in [0.2, 0.25) is 0 Å². The van der Waals surface area contributed by atoms with E-state index in [1.165, 1.54) is 23.1 Å². The normalized spacial score (nSPS) is 9.44. The zero-order valence-electron chi connectivity index (χ0n) is 10.3. The number of hydrogen-bond donors (Lipinski definition) is 0. The lowest BCUT2D eigenvalue weighted by molar-refractivity contribution is -0.109. The zero-order chi connectivity index (χ0) is 13.4. The van der Waals surface area contributed by atoms with Gasteiger partial charge in [0.25, 0.3) is 0 Å². The fraction of sp³-hybridized carbons (Fsp3) is 0.385. The molecule has 0 amide bonds. The van der Waals surface area contributed by atoms with Crippen LogP contribution in [0.5, 0.6) is 0 Å². The second kappa shape index (κ2) is 7.96. The van der Waals surface area contributed by atoms with E-state index < -0.39 is 0 Å². The van der Waals surface area contributed by atoms with Crippen LogP contribution in [-0.2, 0) is 9.53 Å². The Bertz CT molecular complexity index is 480. The zero-order valence-corrected chi connectivity index (χ0v) is 12.0. The minimum atomic E-state index is -0.303. The highest BCUT2D eigenvalue weighted by atomic mass is 32.2. The molecule has 1 aromatic rings. The lowest BCUT2D eigenvalue weighted by Gasteiger charge is -1.95. The predicted octanol–water partition coefficient (Wildman–Crippen LogP) is 2.95. The van der Waals surface area contributed by atoms with Crippen LogP contribution in [0.4, 0.5) is 0 Å². The van der Waals surface area contributed by atoms with Crippen molar-refractivity contribution in [1.29, 1.82) is 0 Å². The Morgan fingerprint density at radius 3 is 2.89 bits per heavy atom. The van der Waals surface area contributed by atoms with Gasteiger partial charge in [0.05, 0.1) is 11.5 Å². The van der Waals surface area contributed by atoms with Crippen LogP contribution in [0.15, 0.2) is 12.1 Å². The van der Waals surface area contributed by atoms with Crippen molar-refractivity contribution in [2.75, 3.05) is 12.4 Å². The van der Waals surface area contributed by atoms with Gasteiger partial charge >= 0.3 is 5.97 Å². The fourth-order valence-corrected chi connectivity index (χ4v) is 2.38. The number of esters is 1. The SMILES string of the molecule is CCOC(=O)c1ccc(C#CCCSC(C)=O)s1. The van der Waals surface area contributed by atoms with Crippen LogP contribution in [0.3, 0.4) is 0 Å². The second-order valence-corrected chi connectivity index (χ2v) is 5.63. The Balaban J connectivity index is 2.46. The van der Waals surface area contributed by atoms with E-state index in [1.54, 1.807) is 19.9 Å². The summed E-state index contributed by atoms with van der Waals surface area (Å²) in [5, 5.41) is 0.109.